The summed E-state index contributed by atoms with van der Waals surface area (Å²) in [6.45, 7) is 1.35. The number of hydrogen-bond acceptors (Lipinski definition) is 5. The van der Waals surface area contributed by atoms with Crippen LogP contribution in [0.5, 0.6) is 0 Å². The lowest BCUT2D eigenvalue weighted by Crippen LogP contribution is -2.52. The maximum absolute atomic E-state index is 13.2. The van der Waals surface area contributed by atoms with Crippen LogP contribution in [0.25, 0.3) is 16.9 Å². The number of likely N-dealkylation sites (N-methyl/N-ethyl adjacent to an activating group) is 1. The van der Waals surface area contributed by atoms with Crippen LogP contribution in [0.3, 0.4) is 0 Å². The lowest BCUT2D eigenvalue weighted by Gasteiger charge is -2.40. The molecule has 3 aromatic rings. The van der Waals surface area contributed by atoms with Crippen molar-refractivity contribution in [3.63, 3.8) is 0 Å². The molecule has 1 saturated heterocycles. The maximum atomic E-state index is 13.2. The highest BCUT2D eigenvalue weighted by atomic mass is 19.1. The monoisotopic (exact) mass is 355 g/mol. The second-order valence-electron chi connectivity index (χ2n) is 6.94. The minimum absolute atomic E-state index is 0.151. The Morgan fingerprint density at radius 2 is 1.96 bits per heavy atom. The topological polar surface area (TPSA) is 56.9 Å². The lowest BCUT2D eigenvalue weighted by molar-refractivity contribution is 0.0627. The lowest BCUT2D eigenvalue weighted by atomic mass is 10.0. The molecule has 4 rings (SSSR count). The first-order chi connectivity index (χ1) is 12.5. The highest BCUT2D eigenvalue weighted by molar-refractivity contribution is 5.67. The van der Waals surface area contributed by atoms with Crippen LogP contribution in [0.4, 0.5) is 10.2 Å². The zero-order valence-electron chi connectivity index (χ0n) is 14.9. The fourth-order valence-corrected chi connectivity index (χ4v) is 3.62. The van der Waals surface area contributed by atoms with Crippen LogP contribution in [0.1, 0.15) is 6.42 Å². The molecule has 1 fully saturated rings. The van der Waals surface area contributed by atoms with E-state index in [4.69, 9.17) is 0 Å². The normalized spacial score (nSPS) is 20.9. The highest BCUT2D eigenvalue weighted by Crippen LogP contribution is 2.27. The number of halogens is 1. The molecule has 0 amide bonds. The van der Waals surface area contributed by atoms with Crippen molar-refractivity contribution in [2.24, 2.45) is 0 Å². The van der Waals surface area contributed by atoms with Gasteiger partial charge in [0.25, 0.3) is 0 Å². The number of β-amino-alcohol motifs (C(OH)–C–C–N with tert-alkyl or cyclic N) is 1. The molecule has 0 radical (unpaired) electrons. The van der Waals surface area contributed by atoms with Gasteiger partial charge in [0.2, 0.25) is 0 Å². The molecule has 1 N–H and O–H groups in total. The van der Waals surface area contributed by atoms with E-state index in [1.165, 1.54) is 12.1 Å². The molecule has 0 bridgehead atoms. The van der Waals surface area contributed by atoms with E-state index in [-0.39, 0.29) is 11.9 Å². The molecule has 136 valence electrons. The smallest absolute Gasteiger partial charge is 0.157 e. The van der Waals surface area contributed by atoms with Gasteiger partial charge in [0.05, 0.1) is 18.0 Å². The van der Waals surface area contributed by atoms with E-state index in [1.54, 1.807) is 22.8 Å². The SMILES string of the molecule is CN(C)[C@H]1CCN(c2cc(-c3ccc(F)cc3)nc3ccnn23)C[C@@H]1O. The largest absolute Gasteiger partial charge is 0.390 e. The average molecular weight is 355 g/mol. The van der Waals surface area contributed by atoms with Crippen molar-refractivity contribution in [3.05, 3.63) is 48.4 Å². The first kappa shape index (κ1) is 16.9. The Morgan fingerprint density at radius 1 is 1.19 bits per heavy atom. The van der Waals surface area contributed by atoms with Crippen LogP contribution in [-0.4, -0.2) is 63.9 Å². The van der Waals surface area contributed by atoms with Gasteiger partial charge in [-0.25, -0.2) is 9.37 Å². The highest BCUT2D eigenvalue weighted by Gasteiger charge is 2.30. The van der Waals surface area contributed by atoms with E-state index in [0.29, 0.717) is 6.54 Å². The number of nitrogens with zero attached hydrogens (tertiary/aromatic N) is 5. The molecule has 1 aromatic carbocycles. The van der Waals surface area contributed by atoms with Gasteiger partial charge in [-0.15, -0.1) is 0 Å². The molecule has 26 heavy (non-hydrogen) atoms. The quantitative estimate of drug-likeness (QED) is 0.779. The summed E-state index contributed by atoms with van der Waals surface area (Å²) in [4.78, 5) is 8.84. The molecule has 0 aliphatic carbocycles. The number of hydrogen-bond donors (Lipinski definition) is 1. The average Bonchev–Trinajstić information content (AvgIpc) is 3.09. The summed E-state index contributed by atoms with van der Waals surface area (Å²) in [5, 5.41) is 14.9. The zero-order chi connectivity index (χ0) is 18.3. The number of rotatable bonds is 3. The van der Waals surface area contributed by atoms with Gasteiger partial charge in [-0.05, 0) is 44.8 Å². The molecule has 1 aliphatic heterocycles. The molecule has 2 aromatic heterocycles. The zero-order valence-corrected chi connectivity index (χ0v) is 14.9. The summed E-state index contributed by atoms with van der Waals surface area (Å²) < 4.78 is 15.0. The van der Waals surface area contributed by atoms with Crippen molar-refractivity contribution in [1.29, 1.82) is 0 Å². The van der Waals surface area contributed by atoms with Gasteiger partial charge in [-0.2, -0.15) is 9.61 Å². The maximum Gasteiger partial charge on any atom is 0.157 e. The predicted octanol–water partition coefficient (Wildman–Crippen LogP) is 2.04. The predicted molar refractivity (Wildman–Crippen MR) is 98.7 cm³/mol. The van der Waals surface area contributed by atoms with E-state index >= 15 is 0 Å². The fourth-order valence-electron chi connectivity index (χ4n) is 3.62. The molecular formula is C19H22FN5O. The summed E-state index contributed by atoms with van der Waals surface area (Å²) in [5.41, 5.74) is 2.34. The number of piperidine rings is 1. The Hall–Kier alpha value is -2.51. The third-order valence-corrected chi connectivity index (χ3v) is 5.01. The van der Waals surface area contributed by atoms with Crippen molar-refractivity contribution >= 4 is 11.5 Å². The van der Waals surface area contributed by atoms with Crippen LogP contribution < -0.4 is 4.90 Å². The summed E-state index contributed by atoms with van der Waals surface area (Å²) >= 11 is 0. The van der Waals surface area contributed by atoms with Gasteiger partial charge in [-0.3, -0.25) is 0 Å². The molecule has 0 spiro atoms. The van der Waals surface area contributed by atoms with Gasteiger partial charge in [-0.1, -0.05) is 0 Å². The first-order valence-corrected chi connectivity index (χ1v) is 8.73. The van der Waals surface area contributed by atoms with Gasteiger partial charge >= 0.3 is 0 Å². The molecular weight excluding hydrogens is 333 g/mol. The van der Waals surface area contributed by atoms with Crippen LogP contribution in [0, 0.1) is 5.82 Å². The van der Waals surface area contributed by atoms with E-state index in [1.807, 2.05) is 26.2 Å². The second kappa shape index (κ2) is 6.66. The van der Waals surface area contributed by atoms with Crippen LogP contribution in [-0.2, 0) is 0 Å². The molecule has 0 saturated carbocycles. The van der Waals surface area contributed by atoms with E-state index in [0.717, 1.165) is 35.7 Å². The Balaban J connectivity index is 1.73. The number of aliphatic hydroxyl groups is 1. The summed E-state index contributed by atoms with van der Waals surface area (Å²) in [6, 6.07) is 10.3. The summed E-state index contributed by atoms with van der Waals surface area (Å²) in [7, 11) is 3.99. The van der Waals surface area contributed by atoms with Crippen molar-refractivity contribution in [2.45, 2.75) is 18.6 Å². The third kappa shape index (κ3) is 3.04. The minimum atomic E-state index is -0.438. The van der Waals surface area contributed by atoms with Crippen LogP contribution in [0.2, 0.25) is 0 Å². The number of aromatic nitrogens is 3. The number of anilines is 1. The summed E-state index contributed by atoms with van der Waals surface area (Å²) in [5.74, 6) is 0.615. The summed E-state index contributed by atoms with van der Waals surface area (Å²) in [6.07, 6.45) is 2.14. The van der Waals surface area contributed by atoms with E-state index in [2.05, 4.69) is 19.9 Å². The first-order valence-electron chi connectivity index (χ1n) is 8.73. The van der Waals surface area contributed by atoms with Crippen LogP contribution >= 0.6 is 0 Å². The minimum Gasteiger partial charge on any atom is -0.390 e. The Bertz CT molecular complexity index is 908. The van der Waals surface area contributed by atoms with Crippen molar-refractivity contribution in [1.82, 2.24) is 19.5 Å². The van der Waals surface area contributed by atoms with E-state index in [9.17, 15) is 9.50 Å². The van der Waals surface area contributed by atoms with E-state index < -0.39 is 6.10 Å². The molecule has 3 heterocycles. The molecule has 2 atom stereocenters. The van der Waals surface area contributed by atoms with Crippen LogP contribution in [0.15, 0.2) is 42.6 Å². The third-order valence-electron chi connectivity index (χ3n) is 5.01. The standard InChI is InChI=1S/C19H22FN5O/c1-23(2)16-8-10-24(12-17(16)26)19-11-15(13-3-5-14(20)6-4-13)22-18-7-9-21-25(18)19/h3-7,9,11,16-17,26H,8,10,12H2,1-2H3/t16-,17-/m0/s1. The van der Waals surface area contributed by atoms with Gasteiger partial charge in [0.1, 0.15) is 11.6 Å². The van der Waals surface area contributed by atoms with Gasteiger partial charge < -0.3 is 14.9 Å². The Morgan fingerprint density at radius 3 is 2.65 bits per heavy atom. The second-order valence-corrected chi connectivity index (χ2v) is 6.94. The molecule has 0 unspecified atom stereocenters. The Labute approximate surface area is 151 Å². The number of fused-ring (bicyclic) bond motifs is 1. The molecule has 6 nitrogen and oxygen atoms in total. The van der Waals surface area contributed by atoms with Crippen molar-refractivity contribution < 1.29 is 9.50 Å². The molecule has 7 heteroatoms. The number of aliphatic hydroxyl groups excluding tert-OH is 1. The van der Waals surface area contributed by atoms with Gasteiger partial charge in [0, 0.05) is 36.8 Å². The number of benzene rings is 1. The molecule has 1 aliphatic rings. The van der Waals surface area contributed by atoms with Gasteiger partial charge in [0.15, 0.2) is 5.65 Å². The van der Waals surface area contributed by atoms with Crippen molar-refractivity contribution in [3.8, 4) is 11.3 Å². The fraction of sp³-hybridized carbons (Fsp3) is 0.368. The Kier molecular flexibility index (Phi) is 4.34. The van der Waals surface area contributed by atoms with Crippen molar-refractivity contribution in [2.75, 3.05) is 32.1 Å².